The molecule has 2 aromatic rings. The van der Waals surface area contributed by atoms with Crippen molar-refractivity contribution in [2.24, 2.45) is 4.99 Å². The zero-order chi connectivity index (χ0) is 23.5. The molecule has 0 spiro atoms. The third-order valence-electron chi connectivity index (χ3n) is 6.91. The molecule has 3 atom stereocenters. The maximum atomic E-state index is 11.2. The Balaban J connectivity index is 0.000000351. The number of aromatic amines is 1. The van der Waals surface area contributed by atoms with E-state index in [0.29, 0.717) is 18.8 Å². The number of aryl methyl sites for hydroxylation is 1. The van der Waals surface area contributed by atoms with Crippen molar-refractivity contribution in [3.63, 3.8) is 0 Å². The molecule has 0 radical (unpaired) electrons. The Hall–Kier alpha value is -2.91. The summed E-state index contributed by atoms with van der Waals surface area (Å²) < 4.78 is 11.6. The van der Waals surface area contributed by atoms with E-state index in [2.05, 4.69) is 45.0 Å². The van der Waals surface area contributed by atoms with E-state index >= 15 is 0 Å². The van der Waals surface area contributed by atoms with Crippen molar-refractivity contribution >= 4 is 23.8 Å². The molecule has 34 heavy (non-hydrogen) atoms. The molecule has 6 heterocycles. The molecule has 1 amide bonds. The molecule has 0 aromatic carbocycles. The summed E-state index contributed by atoms with van der Waals surface area (Å²) in [6.45, 7) is 9.74. The number of nitrogens with one attached hydrogen (secondary N) is 2. The molecular weight excluding hydrogens is 432 g/mol. The molecule has 2 bridgehead atoms. The van der Waals surface area contributed by atoms with Gasteiger partial charge >= 0.3 is 0 Å². The monoisotopic (exact) mass is 466 g/mol. The highest BCUT2D eigenvalue weighted by atomic mass is 16.5. The molecule has 3 unspecified atom stereocenters. The molecule has 2 aromatic heterocycles. The Labute approximate surface area is 200 Å². The minimum absolute atomic E-state index is 0.213. The number of rotatable bonds is 3. The van der Waals surface area contributed by atoms with Crippen LogP contribution >= 0.6 is 0 Å². The maximum absolute atomic E-state index is 11.2. The van der Waals surface area contributed by atoms with E-state index in [0.717, 1.165) is 75.0 Å². The molecule has 0 aliphatic carbocycles. The van der Waals surface area contributed by atoms with Crippen LogP contribution in [0.3, 0.4) is 0 Å². The highest BCUT2D eigenvalue weighted by Crippen LogP contribution is 2.38. The smallest absolute Gasteiger partial charge is 0.212 e. The lowest BCUT2D eigenvalue weighted by molar-refractivity contribution is -0.108. The number of amidine groups is 1. The van der Waals surface area contributed by atoms with E-state index in [1.807, 2.05) is 18.5 Å². The normalized spacial score (nSPS) is 25.7. The van der Waals surface area contributed by atoms with Gasteiger partial charge in [0.25, 0.3) is 0 Å². The van der Waals surface area contributed by atoms with Gasteiger partial charge < -0.3 is 29.6 Å². The molecule has 9 nitrogen and oxygen atoms in total. The Bertz CT molecular complexity index is 1010. The molecule has 0 saturated carbocycles. The average molecular weight is 467 g/mol. The largest absolute Gasteiger partial charge is 0.378 e. The van der Waals surface area contributed by atoms with Gasteiger partial charge in [-0.3, -0.25) is 9.79 Å². The van der Waals surface area contributed by atoms with Crippen LogP contribution < -0.4 is 15.1 Å². The first-order valence-corrected chi connectivity index (χ1v) is 12.2. The number of amides is 1. The van der Waals surface area contributed by atoms with Gasteiger partial charge in [0.15, 0.2) is 0 Å². The van der Waals surface area contributed by atoms with Crippen molar-refractivity contribution in [2.75, 3.05) is 55.7 Å². The minimum Gasteiger partial charge on any atom is -0.378 e. The predicted octanol–water partition coefficient (Wildman–Crippen LogP) is 2.22. The predicted molar refractivity (Wildman–Crippen MR) is 132 cm³/mol. The second-order valence-electron chi connectivity index (χ2n) is 9.46. The van der Waals surface area contributed by atoms with Gasteiger partial charge in [-0.05, 0) is 31.4 Å². The Morgan fingerprint density at radius 3 is 2.56 bits per heavy atom. The summed E-state index contributed by atoms with van der Waals surface area (Å²) in [5.74, 6) is 1.85. The standard InChI is InChI=1S/C20H27N5O3.C5H7N/c1-13-9-21-20(22-12-26)18-16(25-10-14-2-3-15(11-25)28-14)8-17(23-19(13)18)24-4-6-27-7-5-24;1-5-2-3-6-4-5/h8,12-15H,2-7,9-11H2,1H3,(H,21,22,26);2-4,6H,1H3. The second-order valence-corrected chi connectivity index (χ2v) is 9.46. The lowest BCUT2D eigenvalue weighted by atomic mass is 9.95. The number of hydrogen-bond donors (Lipinski definition) is 2. The molecule has 4 aliphatic rings. The molecule has 6 rings (SSSR count). The summed E-state index contributed by atoms with van der Waals surface area (Å²) in [4.78, 5) is 28.5. The van der Waals surface area contributed by atoms with E-state index in [1.165, 1.54) is 5.56 Å². The Morgan fingerprint density at radius 2 is 1.94 bits per heavy atom. The van der Waals surface area contributed by atoms with E-state index in [9.17, 15) is 4.79 Å². The quantitative estimate of drug-likeness (QED) is 0.674. The first-order valence-electron chi connectivity index (χ1n) is 12.2. The molecule has 182 valence electrons. The van der Waals surface area contributed by atoms with E-state index in [4.69, 9.17) is 14.5 Å². The van der Waals surface area contributed by atoms with Crippen molar-refractivity contribution in [3.05, 3.63) is 41.3 Å². The third-order valence-corrected chi connectivity index (χ3v) is 6.91. The van der Waals surface area contributed by atoms with Gasteiger partial charge in [0.05, 0.1) is 42.4 Å². The minimum atomic E-state index is 0.213. The number of pyridine rings is 1. The summed E-state index contributed by atoms with van der Waals surface area (Å²) in [5, 5.41) is 2.82. The Kier molecular flexibility index (Phi) is 6.82. The zero-order valence-corrected chi connectivity index (χ0v) is 20.0. The van der Waals surface area contributed by atoms with E-state index in [-0.39, 0.29) is 18.1 Å². The van der Waals surface area contributed by atoms with Crippen molar-refractivity contribution in [1.82, 2.24) is 15.3 Å². The van der Waals surface area contributed by atoms with Crippen LogP contribution in [0.15, 0.2) is 29.5 Å². The fourth-order valence-corrected chi connectivity index (χ4v) is 5.13. The number of fused-ring (bicyclic) bond motifs is 3. The lowest BCUT2D eigenvalue weighted by Gasteiger charge is -2.38. The van der Waals surface area contributed by atoms with Gasteiger partial charge in [0, 0.05) is 57.1 Å². The van der Waals surface area contributed by atoms with Crippen LogP contribution in [0.25, 0.3) is 0 Å². The van der Waals surface area contributed by atoms with Crippen LogP contribution in [0.4, 0.5) is 11.5 Å². The molecule has 9 heteroatoms. The number of nitrogens with zero attached hydrogens (tertiary/aromatic N) is 4. The fourth-order valence-electron chi connectivity index (χ4n) is 5.13. The van der Waals surface area contributed by atoms with Crippen LogP contribution in [-0.4, -0.2) is 80.4 Å². The van der Waals surface area contributed by atoms with Crippen LogP contribution in [0.2, 0.25) is 0 Å². The van der Waals surface area contributed by atoms with Gasteiger partial charge in [-0.15, -0.1) is 0 Å². The number of aromatic nitrogens is 2. The number of aliphatic imine (C=N–C) groups is 1. The van der Waals surface area contributed by atoms with Crippen molar-refractivity contribution in [1.29, 1.82) is 0 Å². The maximum Gasteiger partial charge on any atom is 0.212 e. The first kappa shape index (κ1) is 22.9. The fraction of sp³-hybridized carbons (Fsp3) is 0.560. The summed E-state index contributed by atoms with van der Waals surface area (Å²) in [6, 6.07) is 4.20. The van der Waals surface area contributed by atoms with Crippen LogP contribution in [-0.2, 0) is 14.3 Å². The highest BCUT2D eigenvalue weighted by molar-refractivity contribution is 6.09. The number of carbonyl (C=O) groups is 1. The second kappa shape index (κ2) is 10.1. The van der Waals surface area contributed by atoms with Crippen molar-refractivity contribution in [2.45, 2.75) is 44.8 Å². The van der Waals surface area contributed by atoms with Crippen LogP contribution in [0.1, 0.15) is 42.5 Å². The molecule has 4 aliphatic heterocycles. The van der Waals surface area contributed by atoms with Gasteiger partial charge in [0.1, 0.15) is 11.7 Å². The number of carbonyl (C=O) groups excluding carboxylic acids is 1. The van der Waals surface area contributed by atoms with Crippen LogP contribution in [0.5, 0.6) is 0 Å². The molecular formula is C25H34N6O3. The zero-order valence-electron chi connectivity index (χ0n) is 20.0. The summed E-state index contributed by atoms with van der Waals surface area (Å²) in [5.41, 5.74) is 4.41. The number of hydrogen-bond acceptors (Lipinski definition) is 7. The molecule has 3 saturated heterocycles. The average Bonchev–Trinajstić information content (AvgIpc) is 3.48. The Morgan fingerprint density at radius 1 is 1.18 bits per heavy atom. The summed E-state index contributed by atoms with van der Waals surface area (Å²) in [7, 11) is 0. The first-order chi connectivity index (χ1) is 16.6. The number of morpholine rings is 2. The summed E-state index contributed by atoms with van der Waals surface area (Å²) >= 11 is 0. The lowest BCUT2D eigenvalue weighted by Crippen LogP contribution is -2.44. The molecule has 2 N–H and O–H groups in total. The van der Waals surface area contributed by atoms with E-state index < -0.39 is 0 Å². The highest BCUT2D eigenvalue weighted by Gasteiger charge is 2.37. The third kappa shape index (κ3) is 4.81. The SMILES string of the molecule is CC1CN=C(NC=O)c2c(N3CC4CCC(C3)O4)cc(N3CCOCC3)nc21.Cc1cc[nH]c1. The number of H-pyrrole nitrogens is 1. The van der Waals surface area contributed by atoms with Gasteiger partial charge in [-0.2, -0.15) is 0 Å². The molecule has 3 fully saturated rings. The van der Waals surface area contributed by atoms with Crippen molar-refractivity contribution < 1.29 is 14.3 Å². The van der Waals surface area contributed by atoms with E-state index in [1.54, 1.807) is 0 Å². The van der Waals surface area contributed by atoms with Crippen molar-refractivity contribution in [3.8, 4) is 0 Å². The number of anilines is 2. The topological polar surface area (TPSA) is 95.1 Å². The number of ether oxygens (including phenoxy) is 2. The van der Waals surface area contributed by atoms with Gasteiger partial charge in [-0.25, -0.2) is 4.98 Å². The van der Waals surface area contributed by atoms with Gasteiger partial charge in [-0.1, -0.05) is 6.92 Å². The van der Waals surface area contributed by atoms with Gasteiger partial charge in [0.2, 0.25) is 6.41 Å². The summed E-state index contributed by atoms with van der Waals surface area (Å²) in [6.07, 6.45) is 7.39. The van der Waals surface area contributed by atoms with Crippen LogP contribution in [0, 0.1) is 6.92 Å².